The van der Waals surface area contributed by atoms with E-state index in [-0.39, 0.29) is 18.0 Å². The zero-order valence-electron chi connectivity index (χ0n) is 7.32. The minimum absolute atomic E-state index is 0.0434. The van der Waals surface area contributed by atoms with E-state index in [1.165, 1.54) is 0 Å². The van der Waals surface area contributed by atoms with Gasteiger partial charge in [0.25, 0.3) is 0 Å². The lowest BCUT2D eigenvalue weighted by Gasteiger charge is -2.03. The monoisotopic (exact) mass is 173 g/mol. The van der Waals surface area contributed by atoms with Crippen LogP contribution in [0.2, 0.25) is 0 Å². The van der Waals surface area contributed by atoms with Gasteiger partial charge in [-0.2, -0.15) is 4.99 Å². The summed E-state index contributed by atoms with van der Waals surface area (Å²) in [4.78, 5) is 7.47. The van der Waals surface area contributed by atoms with Gasteiger partial charge < -0.3 is 21.9 Å². The second-order valence-electron chi connectivity index (χ2n) is 2.33. The van der Waals surface area contributed by atoms with Crippen LogP contribution in [0.15, 0.2) is 9.98 Å². The van der Waals surface area contributed by atoms with E-state index in [1.807, 2.05) is 6.92 Å². The van der Waals surface area contributed by atoms with E-state index in [2.05, 4.69) is 9.98 Å². The zero-order chi connectivity index (χ0) is 9.56. The molecule has 0 amide bonds. The Morgan fingerprint density at radius 1 is 1.42 bits per heavy atom. The molecule has 0 aromatic carbocycles. The molecule has 0 aromatic heterocycles. The first-order valence-corrected chi connectivity index (χ1v) is 3.48. The van der Waals surface area contributed by atoms with E-state index in [0.717, 1.165) is 0 Å². The van der Waals surface area contributed by atoms with Crippen molar-refractivity contribution in [3.05, 3.63) is 0 Å². The summed E-state index contributed by atoms with van der Waals surface area (Å²) in [7, 11) is 1.59. The number of guanidine groups is 2. The molecular formula is C6H15N5O. The largest absolute Gasteiger partial charge is 0.382 e. The summed E-state index contributed by atoms with van der Waals surface area (Å²) in [5.74, 6) is -0.0274. The molecule has 0 saturated heterocycles. The van der Waals surface area contributed by atoms with Crippen LogP contribution in [-0.2, 0) is 4.74 Å². The van der Waals surface area contributed by atoms with Crippen molar-refractivity contribution >= 4 is 11.9 Å². The van der Waals surface area contributed by atoms with Crippen molar-refractivity contribution in [2.45, 2.75) is 13.0 Å². The van der Waals surface area contributed by atoms with Gasteiger partial charge in [-0.3, -0.25) is 0 Å². The first-order chi connectivity index (χ1) is 5.56. The molecule has 6 nitrogen and oxygen atoms in total. The molecule has 6 heteroatoms. The molecule has 1 unspecified atom stereocenters. The van der Waals surface area contributed by atoms with Crippen LogP contribution in [0.25, 0.3) is 0 Å². The lowest BCUT2D eigenvalue weighted by Crippen LogP contribution is -2.27. The van der Waals surface area contributed by atoms with Gasteiger partial charge in [0.15, 0.2) is 5.96 Å². The van der Waals surface area contributed by atoms with Crippen molar-refractivity contribution in [3.63, 3.8) is 0 Å². The topological polar surface area (TPSA) is 112 Å². The number of methoxy groups -OCH3 is 1. The molecule has 6 N–H and O–H groups in total. The summed E-state index contributed by atoms with van der Waals surface area (Å²) in [6, 6.07) is -0.0434. The molecule has 1 atom stereocenters. The molecule has 0 aliphatic heterocycles. The Labute approximate surface area is 71.5 Å². The van der Waals surface area contributed by atoms with Gasteiger partial charge in [0, 0.05) is 7.11 Å². The Morgan fingerprint density at radius 3 is 2.42 bits per heavy atom. The summed E-state index contributed by atoms with van der Waals surface area (Å²) in [5.41, 5.74) is 15.5. The third-order valence-corrected chi connectivity index (χ3v) is 1.00. The molecular weight excluding hydrogens is 158 g/mol. The van der Waals surface area contributed by atoms with Gasteiger partial charge in [-0.1, -0.05) is 0 Å². The summed E-state index contributed by atoms with van der Waals surface area (Å²) in [5, 5.41) is 0. The van der Waals surface area contributed by atoms with Crippen LogP contribution < -0.4 is 17.2 Å². The van der Waals surface area contributed by atoms with Crippen molar-refractivity contribution in [2.75, 3.05) is 13.7 Å². The van der Waals surface area contributed by atoms with Gasteiger partial charge in [0.05, 0.1) is 12.6 Å². The van der Waals surface area contributed by atoms with Crippen molar-refractivity contribution in [2.24, 2.45) is 27.2 Å². The molecule has 0 fully saturated rings. The summed E-state index contributed by atoms with van der Waals surface area (Å²) < 4.78 is 4.84. The van der Waals surface area contributed by atoms with E-state index < -0.39 is 0 Å². The summed E-state index contributed by atoms with van der Waals surface area (Å²) >= 11 is 0. The number of ether oxygens (including phenoxy) is 1. The van der Waals surface area contributed by atoms with Crippen molar-refractivity contribution < 1.29 is 4.74 Å². The Kier molecular flexibility index (Phi) is 4.78. The molecule has 12 heavy (non-hydrogen) atoms. The number of nitrogens with zero attached hydrogens (tertiary/aromatic N) is 2. The van der Waals surface area contributed by atoms with Gasteiger partial charge in [0.1, 0.15) is 0 Å². The van der Waals surface area contributed by atoms with Crippen molar-refractivity contribution in [1.82, 2.24) is 0 Å². The fraction of sp³-hybridized carbons (Fsp3) is 0.667. The van der Waals surface area contributed by atoms with Gasteiger partial charge in [-0.25, -0.2) is 4.99 Å². The van der Waals surface area contributed by atoms with Crippen LogP contribution in [0, 0.1) is 0 Å². The number of nitrogens with two attached hydrogens (primary N) is 3. The van der Waals surface area contributed by atoms with Crippen molar-refractivity contribution in [1.29, 1.82) is 0 Å². The molecule has 0 heterocycles. The second-order valence-corrected chi connectivity index (χ2v) is 2.33. The Balaban J connectivity index is 4.06. The number of aliphatic imine (C=N–C) groups is 2. The minimum Gasteiger partial charge on any atom is -0.382 e. The highest BCUT2D eigenvalue weighted by Crippen LogP contribution is 1.89. The fourth-order valence-corrected chi connectivity index (χ4v) is 0.665. The molecule has 0 aliphatic carbocycles. The summed E-state index contributed by atoms with van der Waals surface area (Å²) in [6.07, 6.45) is 0. The Bertz CT molecular complexity index is 184. The maximum atomic E-state index is 5.35. The molecule has 0 aliphatic rings. The maximum Gasteiger partial charge on any atom is 0.218 e. The molecule has 0 rings (SSSR count). The first-order valence-electron chi connectivity index (χ1n) is 3.48. The van der Waals surface area contributed by atoms with Crippen LogP contribution in [0.5, 0.6) is 0 Å². The van der Waals surface area contributed by atoms with E-state index in [9.17, 15) is 0 Å². The Morgan fingerprint density at radius 2 is 2.00 bits per heavy atom. The number of hydrogen-bond acceptors (Lipinski definition) is 2. The average molecular weight is 173 g/mol. The molecule has 0 spiro atoms. The molecule has 0 radical (unpaired) electrons. The quantitative estimate of drug-likeness (QED) is 0.360. The third kappa shape index (κ3) is 5.48. The highest BCUT2D eigenvalue weighted by atomic mass is 16.5. The first kappa shape index (κ1) is 10.7. The van der Waals surface area contributed by atoms with Gasteiger partial charge in [-0.05, 0) is 6.92 Å². The van der Waals surface area contributed by atoms with Gasteiger partial charge >= 0.3 is 0 Å². The van der Waals surface area contributed by atoms with Crippen LogP contribution in [0.1, 0.15) is 6.92 Å². The standard InChI is InChI=1S/C6H15N5O/c1-4(3-12-2)10-6(9)11-5(7)8/h4H,3H2,1-2H3,(H6,7,8,9,10,11). The highest BCUT2D eigenvalue weighted by Gasteiger charge is 1.98. The lowest BCUT2D eigenvalue weighted by molar-refractivity contribution is 0.186. The van der Waals surface area contributed by atoms with E-state index in [0.29, 0.717) is 6.61 Å². The fourth-order valence-electron chi connectivity index (χ4n) is 0.665. The molecule has 0 saturated carbocycles. The second kappa shape index (κ2) is 5.36. The minimum atomic E-state index is -0.0964. The molecule has 0 aromatic rings. The normalized spacial score (nSPS) is 14.0. The van der Waals surface area contributed by atoms with Crippen LogP contribution >= 0.6 is 0 Å². The van der Waals surface area contributed by atoms with Crippen LogP contribution in [0.4, 0.5) is 0 Å². The predicted octanol–water partition coefficient (Wildman–Crippen LogP) is -1.39. The lowest BCUT2D eigenvalue weighted by atomic mass is 10.4. The molecule has 70 valence electrons. The van der Waals surface area contributed by atoms with E-state index in [4.69, 9.17) is 21.9 Å². The van der Waals surface area contributed by atoms with Crippen molar-refractivity contribution in [3.8, 4) is 0 Å². The van der Waals surface area contributed by atoms with Gasteiger partial charge in [0.2, 0.25) is 5.96 Å². The van der Waals surface area contributed by atoms with E-state index in [1.54, 1.807) is 7.11 Å². The summed E-state index contributed by atoms with van der Waals surface area (Å²) in [6.45, 7) is 2.33. The SMILES string of the molecule is COCC(C)N=C(N)N=C(N)N. The van der Waals surface area contributed by atoms with Crippen LogP contribution in [0.3, 0.4) is 0 Å². The zero-order valence-corrected chi connectivity index (χ0v) is 7.32. The smallest absolute Gasteiger partial charge is 0.218 e. The predicted molar refractivity (Wildman–Crippen MR) is 48.8 cm³/mol. The van der Waals surface area contributed by atoms with Gasteiger partial charge in [-0.15, -0.1) is 0 Å². The molecule has 0 bridgehead atoms. The third-order valence-electron chi connectivity index (χ3n) is 1.00. The average Bonchev–Trinajstić information content (AvgIpc) is 1.84. The van der Waals surface area contributed by atoms with Crippen LogP contribution in [-0.4, -0.2) is 31.7 Å². The maximum absolute atomic E-state index is 5.35. The number of rotatable bonds is 3. The number of hydrogen-bond donors (Lipinski definition) is 3. The van der Waals surface area contributed by atoms with E-state index >= 15 is 0 Å². The highest BCUT2D eigenvalue weighted by molar-refractivity contribution is 5.92. The Hall–Kier alpha value is -1.30.